The van der Waals surface area contributed by atoms with Gasteiger partial charge < -0.3 is 13.3 Å². The number of rotatable bonds is 6. The van der Waals surface area contributed by atoms with E-state index in [4.69, 9.17) is 32.5 Å². The Morgan fingerprint density at radius 2 is 1.50 bits per heavy atom. The average Bonchev–Trinajstić information content (AvgIpc) is 2.41. The Balaban J connectivity index is 2.85. The molecule has 0 aliphatic heterocycles. The molecule has 0 radical (unpaired) electrons. The topological polar surface area (TPSA) is 27.7 Å². The Kier molecular flexibility index (Phi) is 5.60. The molecule has 0 saturated carbocycles. The second-order valence-electron chi connectivity index (χ2n) is 4.26. The van der Waals surface area contributed by atoms with E-state index in [-0.39, 0.29) is 0 Å². The largest absolute Gasteiger partial charge is 0.725 e. The zero-order chi connectivity index (χ0) is 15.0. The summed E-state index contributed by atoms with van der Waals surface area (Å²) >= 11 is 0. The maximum atomic E-state index is 5.15. The molecule has 1 aromatic rings. The number of hydrogen-bond acceptors (Lipinski definition) is 3. The van der Waals surface area contributed by atoms with E-state index in [2.05, 4.69) is 44.3 Å². The zero-order valence-corrected chi connectivity index (χ0v) is 12.6. The van der Waals surface area contributed by atoms with Crippen molar-refractivity contribution >= 4 is 8.80 Å². The summed E-state index contributed by atoms with van der Waals surface area (Å²) in [7, 11) is -3.22. The van der Waals surface area contributed by atoms with Crippen LogP contribution >= 0.6 is 0 Å². The van der Waals surface area contributed by atoms with Crippen molar-refractivity contribution in [3.8, 4) is 37.6 Å². The highest BCUT2D eigenvalue weighted by atomic mass is 28.4. The minimum absolute atomic E-state index is 0.411. The molecule has 0 heterocycles. The van der Waals surface area contributed by atoms with Gasteiger partial charge in [-0.2, -0.15) is 0 Å². The van der Waals surface area contributed by atoms with Crippen molar-refractivity contribution in [3.63, 3.8) is 0 Å². The van der Waals surface area contributed by atoms with Gasteiger partial charge in [0.25, 0.3) is 0 Å². The first-order valence-corrected chi connectivity index (χ1v) is 7.97. The van der Waals surface area contributed by atoms with Gasteiger partial charge in [-0.25, -0.2) is 0 Å². The van der Waals surface area contributed by atoms with Crippen LogP contribution in [0, 0.1) is 51.4 Å². The molecule has 0 fully saturated rings. The van der Waals surface area contributed by atoms with Gasteiger partial charge in [0.15, 0.2) is 0 Å². The third-order valence-electron chi connectivity index (χ3n) is 2.93. The first kappa shape index (κ1) is 15.6. The lowest BCUT2D eigenvalue weighted by molar-refractivity contribution is 0.212. The van der Waals surface area contributed by atoms with Crippen molar-refractivity contribution < 1.29 is 13.3 Å². The average molecular weight is 284 g/mol. The van der Waals surface area contributed by atoms with Crippen LogP contribution in [0.2, 0.25) is 6.04 Å². The van der Waals surface area contributed by atoms with E-state index in [1.807, 2.05) is 6.07 Å². The molecule has 0 unspecified atom stereocenters. The highest BCUT2D eigenvalue weighted by molar-refractivity contribution is 6.61. The predicted octanol–water partition coefficient (Wildman–Crippen LogP) is 2.61. The van der Waals surface area contributed by atoms with E-state index < -0.39 is 8.80 Å². The molecule has 0 aliphatic carbocycles. The van der Waals surface area contributed by atoms with Gasteiger partial charge in [-0.1, -0.05) is 37.5 Å². The minimum atomic E-state index is -3.22. The lowest BCUT2D eigenvalue weighted by atomic mass is 10.1. The van der Waals surface area contributed by atoms with Gasteiger partial charge in [0, 0.05) is 0 Å². The number of aryl methyl sites for hydroxylation is 3. The maximum absolute atomic E-state index is 5.15. The van der Waals surface area contributed by atoms with Crippen LogP contribution in [0.3, 0.4) is 0 Å². The standard InChI is InChI=1S/C16H16O3Si/c1-6-17-20(18-7-2,19-8-3)12-11-16-10-9-14(4)15(5)13-16/h1-3,9-10,13H,11-12H2,4-5H3. The molecule has 0 N–H and O–H groups in total. The molecule has 20 heavy (non-hydrogen) atoms. The molecule has 1 rings (SSSR count). The second kappa shape index (κ2) is 7.19. The second-order valence-corrected chi connectivity index (χ2v) is 6.74. The Hall–Kier alpha value is -2.48. The van der Waals surface area contributed by atoms with E-state index in [1.165, 1.54) is 11.1 Å². The SMILES string of the molecule is C#CO[Si](CCc1ccc(C)c(C)c1)(OC#C)OC#C. The number of benzene rings is 1. The van der Waals surface area contributed by atoms with Gasteiger partial charge >= 0.3 is 8.80 Å². The van der Waals surface area contributed by atoms with Crippen molar-refractivity contribution in [2.75, 3.05) is 0 Å². The van der Waals surface area contributed by atoms with E-state index >= 15 is 0 Å². The fourth-order valence-electron chi connectivity index (χ4n) is 1.74. The summed E-state index contributed by atoms with van der Waals surface area (Å²) in [5.41, 5.74) is 3.56. The Morgan fingerprint density at radius 3 is 1.95 bits per heavy atom. The molecule has 0 spiro atoms. The maximum Gasteiger partial charge on any atom is 0.725 e. The van der Waals surface area contributed by atoms with Crippen molar-refractivity contribution in [3.05, 3.63) is 34.9 Å². The summed E-state index contributed by atoms with van der Waals surface area (Å²) in [4.78, 5) is 0. The highest BCUT2D eigenvalue weighted by Crippen LogP contribution is 2.19. The van der Waals surface area contributed by atoms with Gasteiger partial charge in [0.05, 0.1) is 24.4 Å². The lowest BCUT2D eigenvalue weighted by Crippen LogP contribution is -2.42. The molecular formula is C16H16O3Si. The molecule has 0 amide bonds. The molecule has 4 heteroatoms. The molecule has 102 valence electrons. The molecule has 0 saturated heterocycles. The normalized spacial score (nSPS) is 9.75. The van der Waals surface area contributed by atoms with Crippen LogP contribution in [0.5, 0.6) is 0 Å². The van der Waals surface area contributed by atoms with Crippen LogP contribution in [0.4, 0.5) is 0 Å². The number of hydrogen-bond donors (Lipinski definition) is 0. The quantitative estimate of drug-likeness (QED) is 0.593. The van der Waals surface area contributed by atoms with Crippen molar-refractivity contribution in [2.45, 2.75) is 26.3 Å². The van der Waals surface area contributed by atoms with Crippen LogP contribution in [0.1, 0.15) is 16.7 Å². The smallest absolute Gasteiger partial charge is 0.432 e. The molecule has 0 aliphatic rings. The predicted molar refractivity (Wildman–Crippen MR) is 79.9 cm³/mol. The minimum Gasteiger partial charge on any atom is -0.432 e. The first-order chi connectivity index (χ1) is 9.56. The first-order valence-electron chi connectivity index (χ1n) is 6.04. The Bertz CT molecular complexity index is 546. The van der Waals surface area contributed by atoms with Crippen molar-refractivity contribution in [2.24, 2.45) is 0 Å². The van der Waals surface area contributed by atoms with Gasteiger partial charge in [0.2, 0.25) is 0 Å². The molecule has 0 bridgehead atoms. The summed E-state index contributed by atoms with van der Waals surface area (Å²) in [5.74, 6) is 0. The van der Waals surface area contributed by atoms with Crippen molar-refractivity contribution in [1.82, 2.24) is 0 Å². The van der Waals surface area contributed by atoms with Crippen LogP contribution in [-0.2, 0) is 19.7 Å². The van der Waals surface area contributed by atoms with Crippen molar-refractivity contribution in [1.29, 1.82) is 0 Å². The van der Waals surface area contributed by atoms with Gasteiger partial charge in [-0.05, 0) is 37.0 Å². The van der Waals surface area contributed by atoms with Gasteiger partial charge in [-0.15, -0.1) is 0 Å². The van der Waals surface area contributed by atoms with Crippen LogP contribution in [0.15, 0.2) is 18.2 Å². The number of terminal acetylenes is 3. The Morgan fingerprint density at radius 1 is 0.950 bits per heavy atom. The third-order valence-corrected chi connectivity index (χ3v) is 5.08. The van der Waals surface area contributed by atoms with E-state index in [0.717, 1.165) is 5.56 Å². The molecule has 0 aromatic heterocycles. The van der Waals surface area contributed by atoms with Gasteiger partial charge in [-0.3, -0.25) is 0 Å². The third kappa shape index (κ3) is 4.02. The van der Waals surface area contributed by atoms with E-state index in [0.29, 0.717) is 12.5 Å². The highest BCUT2D eigenvalue weighted by Gasteiger charge is 2.48. The van der Waals surface area contributed by atoms with Crippen LogP contribution in [-0.4, -0.2) is 8.80 Å². The van der Waals surface area contributed by atoms with Crippen LogP contribution in [0.25, 0.3) is 0 Å². The summed E-state index contributed by atoms with van der Waals surface area (Å²) in [6.07, 6.45) is 22.3. The lowest BCUT2D eigenvalue weighted by Gasteiger charge is -2.21. The summed E-state index contributed by atoms with van der Waals surface area (Å²) in [6.45, 7) is 4.11. The summed E-state index contributed by atoms with van der Waals surface area (Å²) in [5, 5.41) is 0. The molecule has 1 aromatic carbocycles. The molecule has 3 nitrogen and oxygen atoms in total. The molecular weight excluding hydrogens is 268 g/mol. The fraction of sp³-hybridized carbons (Fsp3) is 0.250. The monoisotopic (exact) mass is 284 g/mol. The van der Waals surface area contributed by atoms with Crippen LogP contribution < -0.4 is 0 Å². The van der Waals surface area contributed by atoms with E-state index in [1.54, 1.807) is 0 Å². The summed E-state index contributed by atoms with van der Waals surface area (Å²) < 4.78 is 15.4. The zero-order valence-electron chi connectivity index (χ0n) is 11.6. The van der Waals surface area contributed by atoms with E-state index in [9.17, 15) is 0 Å². The Labute approximate surface area is 121 Å². The fourth-order valence-corrected chi connectivity index (χ4v) is 3.31. The molecule has 0 atom stereocenters. The summed E-state index contributed by atoms with van der Waals surface area (Å²) in [6, 6.07) is 6.59. The van der Waals surface area contributed by atoms with Gasteiger partial charge in [0.1, 0.15) is 0 Å².